The first-order valence-electron chi connectivity index (χ1n) is 12.9. The van der Waals surface area contributed by atoms with Crippen LogP contribution in [0.3, 0.4) is 0 Å². The summed E-state index contributed by atoms with van der Waals surface area (Å²) in [5.41, 5.74) is 0.989. The molecular formula is C29H34N6O5S. The number of hydrogen-bond donors (Lipinski definition) is 1. The summed E-state index contributed by atoms with van der Waals surface area (Å²) in [4.78, 5) is 31.1. The molecule has 216 valence electrons. The molecular weight excluding hydrogens is 544 g/mol. The molecule has 4 aromatic rings. The number of ether oxygens (including phenoxy) is 3. The van der Waals surface area contributed by atoms with Gasteiger partial charge in [0.15, 0.2) is 11.5 Å². The fraction of sp³-hybridized carbons (Fsp3) is 0.345. The Kier molecular flexibility index (Phi) is 9.23. The molecule has 0 radical (unpaired) electrons. The minimum atomic E-state index is -0.863. The highest BCUT2D eigenvalue weighted by Crippen LogP contribution is 2.31. The van der Waals surface area contributed by atoms with Gasteiger partial charge in [0.2, 0.25) is 17.6 Å². The van der Waals surface area contributed by atoms with Crippen LogP contribution < -0.4 is 19.5 Å². The number of methoxy groups -OCH3 is 3. The number of tetrazole rings is 1. The van der Waals surface area contributed by atoms with Crippen LogP contribution in [0.15, 0.2) is 60.0 Å². The quantitative estimate of drug-likeness (QED) is 0.282. The molecule has 4 rings (SSSR count). The van der Waals surface area contributed by atoms with Gasteiger partial charge in [-0.15, -0.1) is 21.5 Å². The minimum absolute atomic E-state index is 0.181. The molecule has 0 aliphatic rings. The van der Waals surface area contributed by atoms with E-state index >= 15 is 0 Å². The molecule has 2 amide bonds. The summed E-state index contributed by atoms with van der Waals surface area (Å²) < 4.78 is 16.0. The molecule has 0 aliphatic carbocycles. The average molecular weight is 579 g/mol. The van der Waals surface area contributed by atoms with Gasteiger partial charge in [-0.1, -0.05) is 18.2 Å². The van der Waals surface area contributed by atoms with Gasteiger partial charge in [0, 0.05) is 22.5 Å². The van der Waals surface area contributed by atoms with Crippen molar-refractivity contribution in [2.24, 2.45) is 0 Å². The second-order valence-corrected chi connectivity index (χ2v) is 11.2. The third-order valence-electron chi connectivity index (χ3n) is 6.07. The van der Waals surface area contributed by atoms with Crippen molar-refractivity contribution in [1.29, 1.82) is 0 Å². The fourth-order valence-electron chi connectivity index (χ4n) is 4.17. The molecule has 2 heterocycles. The number of benzene rings is 2. The molecule has 0 saturated carbocycles. The third kappa shape index (κ3) is 7.40. The molecule has 1 unspecified atom stereocenters. The Morgan fingerprint density at radius 2 is 1.73 bits per heavy atom. The first-order chi connectivity index (χ1) is 19.6. The molecule has 1 atom stereocenters. The molecule has 0 saturated heterocycles. The lowest BCUT2D eigenvalue weighted by atomic mass is 10.1. The van der Waals surface area contributed by atoms with Gasteiger partial charge in [0.05, 0.1) is 21.3 Å². The maximum Gasteiger partial charge on any atom is 0.248 e. The van der Waals surface area contributed by atoms with Crippen LogP contribution >= 0.6 is 11.3 Å². The number of amides is 2. The Bertz CT molecular complexity index is 1460. The van der Waals surface area contributed by atoms with E-state index in [-0.39, 0.29) is 24.9 Å². The molecule has 0 bridgehead atoms. The normalized spacial score (nSPS) is 12.0. The molecule has 2 aromatic heterocycles. The standard InChI is InChI=1S/C29H34N6O5S/c1-29(2,3)30-28(37)26(24-8-7-15-41-24)34(17-19-9-12-21(38-4)13-10-19)25(36)18-35-32-27(31-33-35)20-11-14-22(39-5)23(16-20)40-6/h7-16,26H,17-18H2,1-6H3,(H,30,37). The van der Waals surface area contributed by atoms with E-state index in [1.165, 1.54) is 16.1 Å². The smallest absolute Gasteiger partial charge is 0.248 e. The number of aromatic nitrogens is 4. The molecule has 11 nitrogen and oxygen atoms in total. The van der Waals surface area contributed by atoms with Crippen molar-refractivity contribution in [3.63, 3.8) is 0 Å². The SMILES string of the molecule is COc1ccc(CN(C(=O)Cn2nnc(-c3ccc(OC)c(OC)c3)n2)C(C(=O)NC(C)(C)C)c2cccs2)cc1. The van der Waals surface area contributed by atoms with Crippen molar-refractivity contribution in [3.05, 3.63) is 70.4 Å². The van der Waals surface area contributed by atoms with Gasteiger partial charge in [-0.3, -0.25) is 9.59 Å². The zero-order valence-corrected chi connectivity index (χ0v) is 24.8. The molecule has 0 aliphatic heterocycles. The van der Waals surface area contributed by atoms with Gasteiger partial charge in [-0.2, -0.15) is 4.80 Å². The number of carbonyl (C=O) groups is 2. The minimum Gasteiger partial charge on any atom is -0.497 e. The van der Waals surface area contributed by atoms with E-state index < -0.39 is 11.6 Å². The van der Waals surface area contributed by atoms with Crippen molar-refractivity contribution in [2.45, 2.75) is 45.4 Å². The van der Waals surface area contributed by atoms with Crippen LogP contribution in [0, 0.1) is 0 Å². The summed E-state index contributed by atoms with van der Waals surface area (Å²) in [5, 5.41) is 17.6. The van der Waals surface area contributed by atoms with Crippen molar-refractivity contribution >= 4 is 23.2 Å². The Morgan fingerprint density at radius 1 is 1.00 bits per heavy atom. The van der Waals surface area contributed by atoms with E-state index in [0.29, 0.717) is 28.6 Å². The Balaban J connectivity index is 1.66. The van der Waals surface area contributed by atoms with Crippen LogP contribution in [0.25, 0.3) is 11.4 Å². The molecule has 0 spiro atoms. The Morgan fingerprint density at radius 3 is 2.34 bits per heavy atom. The number of hydrogen-bond acceptors (Lipinski definition) is 9. The van der Waals surface area contributed by atoms with Crippen LogP contribution in [0.5, 0.6) is 17.2 Å². The zero-order valence-electron chi connectivity index (χ0n) is 24.0. The van der Waals surface area contributed by atoms with Crippen LogP contribution in [0.1, 0.15) is 37.3 Å². The van der Waals surface area contributed by atoms with Crippen molar-refractivity contribution < 1.29 is 23.8 Å². The second kappa shape index (κ2) is 12.8. The fourth-order valence-corrected chi connectivity index (χ4v) is 5.01. The number of rotatable bonds is 11. The maximum absolute atomic E-state index is 13.9. The van der Waals surface area contributed by atoms with Crippen LogP contribution in [0.4, 0.5) is 0 Å². The zero-order chi connectivity index (χ0) is 29.6. The van der Waals surface area contributed by atoms with E-state index in [2.05, 4.69) is 20.7 Å². The number of nitrogens with one attached hydrogen (secondary N) is 1. The predicted molar refractivity (Wildman–Crippen MR) is 155 cm³/mol. The van der Waals surface area contributed by atoms with Crippen molar-refractivity contribution in [1.82, 2.24) is 30.4 Å². The van der Waals surface area contributed by atoms with E-state index in [1.54, 1.807) is 44.4 Å². The summed E-state index contributed by atoms with van der Waals surface area (Å²) >= 11 is 1.41. The van der Waals surface area contributed by atoms with Gasteiger partial charge in [-0.25, -0.2) is 0 Å². The third-order valence-corrected chi connectivity index (χ3v) is 7.00. The molecule has 1 N–H and O–H groups in total. The van der Waals surface area contributed by atoms with Crippen molar-refractivity contribution in [2.75, 3.05) is 21.3 Å². The topological polar surface area (TPSA) is 121 Å². The summed E-state index contributed by atoms with van der Waals surface area (Å²) in [7, 11) is 4.69. The Labute approximate surface area is 243 Å². The van der Waals surface area contributed by atoms with Crippen molar-refractivity contribution in [3.8, 4) is 28.6 Å². The van der Waals surface area contributed by atoms with Gasteiger partial charge in [-0.05, 0) is 73.3 Å². The highest BCUT2D eigenvalue weighted by Gasteiger charge is 2.34. The van der Waals surface area contributed by atoms with Gasteiger partial charge in [0.25, 0.3) is 0 Å². The maximum atomic E-state index is 13.9. The van der Waals surface area contributed by atoms with Crippen LogP contribution in [-0.2, 0) is 22.7 Å². The molecule has 12 heteroatoms. The summed E-state index contributed by atoms with van der Waals surface area (Å²) in [6, 6.07) is 15.5. The van der Waals surface area contributed by atoms with Gasteiger partial charge >= 0.3 is 0 Å². The Hall–Kier alpha value is -4.45. The first kappa shape index (κ1) is 29.5. The molecule has 0 fully saturated rings. The first-order valence-corrected chi connectivity index (χ1v) is 13.8. The lowest BCUT2D eigenvalue weighted by Crippen LogP contribution is -2.49. The summed E-state index contributed by atoms with van der Waals surface area (Å²) in [6.45, 7) is 5.67. The second-order valence-electron chi connectivity index (χ2n) is 10.2. The van der Waals surface area contributed by atoms with Gasteiger partial charge in [0.1, 0.15) is 18.3 Å². The highest BCUT2D eigenvalue weighted by atomic mass is 32.1. The number of thiophene rings is 1. The van der Waals surface area contributed by atoms with Crippen LogP contribution in [-0.4, -0.2) is 63.8 Å². The number of nitrogens with zero attached hydrogens (tertiary/aromatic N) is 5. The summed E-state index contributed by atoms with van der Waals surface area (Å²) in [5.74, 6) is 1.48. The van der Waals surface area contributed by atoms with E-state index in [0.717, 1.165) is 10.4 Å². The monoisotopic (exact) mass is 578 g/mol. The predicted octanol–water partition coefficient (Wildman–Crippen LogP) is 4.11. The van der Waals surface area contributed by atoms with Gasteiger partial charge < -0.3 is 24.4 Å². The molecule has 2 aromatic carbocycles. The van der Waals surface area contributed by atoms with Crippen LogP contribution in [0.2, 0.25) is 0 Å². The largest absolute Gasteiger partial charge is 0.497 e. The van der Waals surface area contributed by atoms with E-state index in [1.807, 2.05) is 62.5 Å². The van der Waals surface area contributed by atoms with E-state index in [4.69, 9.17) is 14.2 Å². The lowest BCUT2D eigenvalue weighted by Gasteiger charge is -2.33. The van der Waals surface area contributed by atoms with E-state index in [9.17, 15) is 9.59 Å². The molecule has 41 heavy (non-hydrogen) atoms. The lowest BCUT2D eigenvalue weighted by molar-refractivity contribution is -0.143. The average Bonchev–Trinajstić information content (AvgIpc) is 3.64. The highest BCUT2D eigenvalue weighted by molar-refractivity contribution is 7.10. The number of carbonyl (C=O) groups excluding carboxylic acids is 2. The summed E-state index contributed by atoms with van der Waals surface area (Å²) in [6.07, 6.45) is 0.